The van der Waals surface area contributed by atoms with Crippen LogP contribution < -0.4 is 5.32 Å². The average molecular weight is 201 g/mol. The first kappa shape index (κ1) is 10.2. The van der Waals surface area contributed by atoms with Crippen LogP contribution in [-0.2, 0) is 0 Å². The largest absolute Gasteiger partial charge is 0.394 e. The van der Waals surface area contributed by atoms with Gasteiger partial charge < -0.3 is 15.5 Å². The molecule has 1 rings (SSSR count). The van der Waals surface area contributed by atoms with Crippen LogP contribution in [0.15, 0.2) is 16.8 Å². The van der Waals surface area contributed by atoms with Crippen LogP contribution in [0.3, 0.4) is 0 Å². The molecule has 72 valence electrons. The number of hydrogen-bond donors (Lipinski definition) is 3. The van der Waals surface area contributed by atoms with Crippen molar-refractivity contribution in [2.45, 2.75) is 6.10 Å². The summed E-state index contributed by atoms with van der Waals surface area (Å²) >= 11 is 1.44. The predicted molar refractivity (Wildman–Crippen MR) is 49.7 cm³/mol. The van der Waals surface area contributed by atoms with E-state index >= 15 is 0 Å². The molecule has 13 heavy (non-hydrogen) atoms. The molecule has 1 unspecified atom stereocenters. The van der Waals surface area contributed by atoms with E-state index in [1.807, 2.05) is 0 Å². The lowest BCUT2D eigenvalue weighted by molar-refractivity contribution is 0.0802. The van der Waals surface area contributed by atoms with E-state index in [9.17, 15) is 4.79 Å². The Balaban J connectivity index is 2.35. The maximum atomic E-state index is 11.2. The summed E-state index contributed by atoms with van der Waals surface area (Å²) in [5, 5.41) is 23.4. The third-order valence-corrected chi connectivity index (χ3v) is 2.18. The highest BCUT2D eigenvalue weighted by molar-refractivity contribution is 7.08. The van der Waals surface area contributed by atoms with Crippen molar-refractivity contribution in [3.63, 3.8) is 0 Å². The van der Waals surface area contributed by atoms with Crippen LogP contribution in [0.1, 0.15) is 10.4 Å². The zero-order valence-corrected chi connectivity index (χ0v) is 7.75. The van der Waals surface area contributed by atoms with E-state index in [1.165, 1.54) is 11.3 Å². The van der Waals surface area contributed by atoms with Gasteiger partial charge in [0.15, 0.2) is 0 Å². The van der Waals surface area contributed by atoms with Crippen LogP contribution in [0.4, 0.5) is 0 Å². The van der Waals surface area contributed by atoms with E-state index in [1.54, 1.807) is 16.8 Å². The van der Waals surface area contributed by atoms with Crippen LogP contribution in [0.2, 0.25) is 0 Å². The van der Waals surface area contributed by atoms with E-state index in [0.29, 0.717) is 5.56 Å². The number of aliphatic hydroxyl groups excluding tert-OH is 2. The molecule has 0 radical (unpaired) electrons. The SMILES string of the molecule is O=C(NCC(O)CO)c1ccsc1. The fourth-order valence-corrected chi connectivity index (χ4v) is 1.41. The topological polar surface area (TPSA) is 69.6 Å². The van der Waals surface area contributed by atoms with Crippen LogP contribution >= 0.6 is 11.3 Å². The van der Waals surface area contributed by atoms with E-state index in [2.05, 4.69) is 5.32 Å². The zero-order chi connectivity index (χ0) is 9.68. The number of hydrogen-bond acceptors (Lipinski definition) is 4. The van der Waals surface area contributed by atoms with Crippen LogP contribution in [0, 0.1) is 0 Å². The molecule has 0 fully saturated rings. The van der Waals surface area contributed by atoms with Crippen molar-refractivity contribution in [1.29, 1.82) is 0 Å². The Morgan fingerprint density at radius 1 is 1.69 bits per heavy atom. The maximum absolute atomic E-state index is 11.2. The monoisotopic (exact) mass is 201 g/mol. The van der Waals surface area contributed by atoms with Gasteiger partial charge in [0.05, 0.1) is 12.7 Å². The Kier molecular flexibility index (Phi) is 3.88. The summed E-state index contributed by atoms with van der Waals surface area (Å²) in [6.45, 7) is -0.269. The molecule has 0 spiro atoms. The smallest absolute Gasteiger partial charge is 0.252 e. The summed E-state index contributed by atoms with van der Waals surface area (Å²) in [4.78, 5) is 11.2. The summed E-state index contributed by atoms with van der Waals surface area (Å²) in [6.07, 6.45) is -0.886. The van der Waals surface area contributed by atoms with Crippen molar-refractivity contribution >= 4 is 17.2 Å². The fourth-order valence-electron chi connectivity index (χ4n) is 0.771. The van der Waals surface area contributed by atoms with Gasteiger partial charge in [-0.25, -0.2) is 0 Å². The molecule has 1 aromatic rings. The molecule has 1 amide bonds. The van der Waals surface area contributed by atoms with E-state index in [4.69, 9.17) is 10.2 Å². The molecule has 0 aliphatic rings. The van der Waals surface area contributed by atoms with E-state index in [-0.39, 0.29) is 19.1 Å². The van der Waals surface area contributed by atoms with Gasteiger partial charge in [-0.2, -0.15) is 11.3 Å². The number of rotatable bonds is 4. The lowest BCUT2D eigenvalue weighted by Gasteiger charge is -2.07. The van der Waals surface area contributed by atoms with Crippen LogP contribution in [0.5, 0.6) is 0 Å². The molecule has 0 saturated carbocycles. The highest BCUT2D eigenvalue weighted by Gasteiger charge is 2.07. The first-order chi connectivity index (χ1) is 6.24. The number of carbonyl (C=O) groups is 1. The summed E-state index contributed by atoms with van der Waals surface area (Å²) in [6, 6.07) is 1.70. The molecule has 5 heteroatoms. The molecule has 0 aromatic carbocycles. The van der Waals surface area contributed by atoms with Crippen LogP contribution in [-0.4, -0.2) is 35.4 Å². The number of thiophene rings is 1. The molecule has 1 aromatic heterocycles. The van der Waals surface area contributed by atoms with Crippen molar-refractivity contribution in [2.75, 3.05) is 13.2 Å². The Morgan fingerprint density at radius 3 is 3.00 bits per heavy atom. The first-order valence-corrected chi connectivity index (χ1v) is 4.77. The lowest BCUT2D eigenvalue weighted by Crippen LogP contribution is -2.33. The summed E-state index contributed by atoms with van der Waals surface area (Å²) in [5.74, 6) is -0.228. The standard InChI is InChI=1S/C8H11NO3S/c10-4-7(11)3-9-8(12)6-1-2-13-5-6/h1-2,5,7,10-11H,3-4H2,(H,9,12). The third-order valence-electron chi connectivity index (χ3n) is 1.49. The second kappa shape index (κ2) is 4.96. The minimum atomic E-state index is -0.886. The van der Waals surface area contributed by atoms with Crippen molar-refractivity contribution in [3.05, 3.63) is 22.4 Å². The van der Waals surface area contributed by atoms with Crippen LogP contribution in [0.25, 0.3) is 0 Å². The minimum Gasteiger partial charge on any atom is -0.394 e. The predicted octanol–water partition coefficient (Wildman–Crippen LogP) is -0.169. The average Bonchev–Trinajstić information content (AvgIpc) is 2.66. The quantitative estimate of drug-likeness (QED) is 0.633. The molecule has 0 aliphatic carbocycles. The number of nitrogens with one attached hydrogen (secondary N) is 1. The molecule has 3 N–H and O–H groups in total. The van der Waals surface area contributed by atoms with E-state index < -0.39 is 6.10 Å². The van der Waals surface area contributed by atoms with Crippen molar-refractivity contribution < 1.29 is 15.0 Å². The van der Waals surface area contributed by atoms with Gasteiger partial charge in [0.25, 0.3) is 5.91 Å². The fraction of sp³-hybridized carbons (Fsp3) is 0.375. The number of aliphatic hydroxyl groups is 2. The molecule has 1 heterocycles. The van der Waals surface area contributed by atoms with Crippen molar-refractivity contribution in [3.8, 4) is 0 Å². The van der Waals surface area contributed by atoms with Gasteiger partial charge in [-0.1, -0.05) is 0 Å². The number of carbonyl (C=O) groups excluding carboxylic acids is 1. The third kappa shape index (κ3) is 3.14. The van der Waals surface area contributed by atoms with Crippen molar-refractivity contribution in [1.82, 2.24) is 5.32 Å². The maximum Gasteiger partial charge on any atom is 0.252 e. The number of amides is 1. The second-order valence-electron chi connectivity index (χ2n) is 2.56. The Hall–Kier alpha value is -0.910. The molecule has 4 nitrogen and oxygen atoms in total. The summed E-state index contributed by atoms with van der Waals surface area (Å²) < 4.78 is 0. The van der Waals surface area contributed by atoms with Gasteiger partial charge in [0, 0.05) is 17.5 Å². The molecular formula is C8H11NO3S. The van der Waals surface area contributed by atoms with Gasteiger partial charge in [0.2, 0.25) is 0 Å². The summed E-state index contributed by atoms with van der Waals surface area (Å²) in [5.41, 5.74) is 0.579. The molecule has 0 aliphatic heterocycles. The molecule has 0 bridgehead atoms. The van der Waals surface area contributed by atoms with Crippen molar-refractivity contribution in [2.24, 2.45) is 0 Å². The van der Waals surface area contributed by atoms with Gasteiger partial charge in [-0.15, -0.1) is 0 Å². The Labute approximate surface area is 79.8 Å². The normalized spacial score (nSPS) is 12.5. The zero-order valence-electron chi connectivity index (χ0n) is 6.93. The van der Waals surface area contributed by atoms with Gasteiger partial charge >= 0.3 is 0 Å². The minimum absolute atomic E-state index is 0.0746. The highest BCUT2D eigenvalue weighted by atomic mass is 32.1. The molecule has 0 saturated heterocycles. The Bertz CT molecular complexity index is 260. The Morgan fingerprint density at radius 2 is 2.46 bits per heavy atom. The van der Waals surface area contributed by atoms with Gasteiger partial charge in [-0.05, 0) is 11.4 Å². The van der Waals surface area contributed by atoms with Gasteiger partial charge in [0.1, 0.15) is 0 Å². The lowest BCUT2D eigenvalue weighted by atomic mass is 10.3. The van der Waals surface area contributed by atoms with E-state index in [0.717, 1.165) is 0 Å². The first-order valence-electron chi connectivity index (χ1n) is 3.83. The second-order valence-corrected chi connectivity index (χ2v) is 3.34. The highest BCUT2D eigenvalue weighted by Crippen LogP contribution is 2.04. The van der Waals surface area contributed by atoms with Gasteiger partial charge in [-0.3, -0.25) is 4.79 Å². The molecule has 1 atom stereocenters. The summed E-state index contributed by atoms with van der Waals surface area (Å²) in [7, 11) is 0. The molecular weight excluding hydrogens is 190 g/mol.